The zero-order valence-electron chi connectivity index (χ0n) is 11.8. The maximum atomic E-state index is 12.0. The number of carbonyl (C=O) groups is 2. The van der Waals surface area contributed by atoms with Crippen molar-refractivity contribution in [2.45, 2.75) is 26.4 Å². The Hall–Kier alpha value is -1.82. The number of aromatic nitrogens is 1. The van der Waals surface area contributed by atoms with Gasteiger partial charge in [0.05, 0.1) is 0 Å². The number of carbonyl (C=O) groups excluding carboxylic acids is 1. The summed E-state index contributed by atoms with van der Waals surface area (Å²) in [5, 5.41) is 12.7. The Morgan fingerprint density at radius 2 is 2.05 bits per heavy atom. The third-order valence-electron chi connectivity index (χ3n) is 3.30. The van der Waals surface area contributed by atoms with E-state index in [0.717, 1.165) is 15.4 Å². The fourth-order valence-corrected chi connectivity index (χ4v) is 2.58. The number of nitrogens with one attached hydrogen (secondary N) is 1. The molecule has 1 heterocycles. The summed E-state index contributed by atoms with van der Waals surface area (Å²) in [6, 6.07) is 6.85. The zero-order chi connectivity index (χ0) is 15.6. The van der Waals surface area contributed by atoms with Gasteiger partial charge in [0.1, 0.15) is 12.6 Å². The predicted molar refractivity (Wildman–Crippen MR) is 84.0 cm³/mol. The van der Waals surface area contributed by atoms with Gasteiger partial charge in [-0.05, 0) is 30.2 Å². The molecule has 5 nitrogen and oxygen atoms in total. The Balaban J connectivity index is 2.13. The third-order valence-corrected chi connectivity index (χ3v) is 3.79. The molecule has 2 N–H and O–H groups in total. The molecule has 0 fully saturated rings. The summed E-state index contributed by atoms with van der Waals surface area (Å²) in [5.41, 5.74) is 0.935. The average molecular weight is 353 g/mol. The second-order valence-electron chi connectivity index (χ2n) is 5.27. The number of hydrogen-bond donors (Lipinski definition) is 2. The molecular weight excluding hydrogens is 336 g/mol. The molecule has 112 valence electrons. The van der Waals surface area contributed by atoms with Crippen LogP contribution in [0.2, 0.25) is 0 Å². The molecule has 0 aliphatic rings. The quantitative estimate of drug-likeness (QED) is 0.868. The molecule has 21 heavy (non-hydrogen) atoms. The van der Waals surface area contributed by atoms with E-state index >= 15 is 0 Å². The predicted octanol–water partition coefficient (Wildman–Crippen LogP) is 2.63. The van der Waals surface area contributed by atoms with E-state index in [0.29, 0.717) is 0 Å². The highest BCUT2D eigenvalue weighted by molar-refractivity contribution is 9.10. The molecule has 0 aliphatic heterocycles. The smallest absolute Gasteiger partial charge is 0.326 e. The first kappa shape index (κ1) is 15.6. The van der Waals surface area contributed by atoms with Crippen LogP contribution in [-0.4, -0.2) is 27.6 Å². The Bertz CT molecular complexity index is 679. The minimum atomic E-state index is -1.01. The first-order chi connectivity index (χ1) is 9.88. The fraction of sp³-hybridized carbons (Fsp3) is 0.333. The van der Waals surface area contributed by atoms with Gasteiger partial charge < -0.3 is 15.0 Å². The summed E-state index contributed by atoms with van der Waals surface area (Å²) in [6.07, 6.45) is 1.82. The van der Waals surface area contributed by atoms with Crippen molar-refractivity contribution in [2.75, 3.05) is 0 Å². The van der Waals surface area contributed by atoms with Crippen LogP contribution in [0.4, 0.5) is 0 Å². The van der Waals surface area contributed by atoms with Crippen LogP contribution in [0, 0.1) is 5.92 Å². The van der Waals surface area contributed by atoms with Crippen LogP contribution in [-0.2, 0) is 16.1 Å². The van der Waals surface area contributed by atoms with E-state index in [1.807, 2.05) is 30.5 Å². The molecule has 1 aromatic carbocycles. The van der Waals surface area contributed by atoms with Gasteiger partial charge in [-0.3, -0.25) is 4.79 Å². The Kier molecular flexibility index (Phi) is 4.67. The van der Waals surface area contributed by atoms with Gasteiger partial charge in [0, 0.05) is 21.6 Å². The monoisotopic (exact) mass is 352 g/mol. The molecule has 1 amide bonds. The van der Waals surface area contributed by atoms with E-state index in [1.54, 1.807) is 18.4 Å². The second kappa shape index (κ2) is 6.30. The summed E-state index contributed by atoms with van der Waals surface area (Å²) in [6.45, 7) is 3.63. The van der Waals surface area contributed by atoms with Crippen LogP contribution in [0.15, 0.2) is 34.9 Å². The standard InChI is InChI=1S/C15H17BrN2O3/c1-9(2)14(15(20)21)17-13(19)8-18-6-5-10-7-11(16)3-4-12(10)18/h3-7,9,14H,8H2,1-2H3,(H,17,19)(H,20,21)/t14-/m0/s1. The number of nitrogens with zero attached hydrogens (tertiary/aromatic N) is 1. The highest BCUT2D eigenvalue weighted by atomic mass is 79.9. The first-order valence-corrected chi connectivity index (χ1v) is 7.44. The lowest BCUT2D eigenvalue weighted by Gasteiger charge is -2.18. The van der Waals surface area contributed by atoms with Crippen molar-refractivity contribution in [1.82, 2.24) is 9.88 Å². The first-order valence-electron chi connectivity index (χ1n) is 6.65. The highest BCUT2D eigenvalue weighted by Gasteiger charge is 2.23. The summed E-state index contributed by atoms with van der Waals surface area (Å²) < 4.78 is 2.78. The average Bonchev–Trinajstić information content (AvgIpc) is 2.77. The Labute approximate surface area is 131 Å². The largest absolute Gasteiger partial charge is 0.480 e. The number of aliphatic carboxylic acids is 1. The summed E-state index contributed by atoms with van der Waals surface area (Å²) in [7, 11) is 0. The number of fused-ring (bicyclic) bond motifs is 1. The SMILES string of the molecule is CC(C)[C@H](NC(=O)Cn1ccc2cc(Br)ccc21)C(=O)O. The molecule has 0 spiro atoms. The summed E-state index contributed by atoms with van der Waals surface area (Å²) >= 11 is 3.40. The van der Waals surface area contributed by atoms with E-state index in [4.69, 9.17) is 5.11 Å². The fourth-order valence-electron chi connectivity index (χ4n) is 2.20. The second-order valence-corrected chi connectivity index (χ2v) is 6.19. The maximum Gasteiger partial charge on any atom is 0.326 e. The molecule has 0 saturated heterocycles. The van der Waals surface area contributed by atoms with Gasteiger partial charge in [-0.1, -0.05) is 29.8 Å². The van der Waals surface area contributed by atoms with Gasteiger partial charge in [0.2, 0.25) is 5.91 Å². The van der Waals surface area contributed by atoms with Gasteiger partial charge in [-0.15, -0.1) is 0 Å². The summed E-state index contributed by atoms with van der Waals surface area (Å²) in [5.74, 6) is -1.49. The normalized spacial score (nSPS) is 12.6. The van der Waals surface area contributed by atoms with E-state index in [9.17, 15) is 9.59 Å². The Morgan fingerprint density at radius 3 is 2.67 bits per heavy atom. The maximum absolute atomic E-state index is 12.0. The zero-order valence-corrected chi connectivity index (χ0v) is 13.4. The molecule has 1 aromatic heterocycles. The number of hydrogen-bond acceptors (Lipinski definition) is 2. The van der Waals surface area contributed by atoms with Crippen LogP contribution in [0.1, 0.15) is 13.8 Å². The third kappa shape index (κ3) is 3.64. The Morgan fingerprint density at radius 1 is 1.33 bits per heavy atom. The van der Waals surface area contributed by atoms with Crippen molar-refractivity contribution in [1.29, 1.82) is 0 Å². The minimum Gasteiger partial charge on any atom is -0.480 e. The number of benzene rings is 1. The van der Waals surface area contributed by atoms with Gasteiger partial charge in [0.15, 0.2) is 0 Å². The van der Waals surface area contributed by atoms with Crippen LogP contribution >= 0.6 is 15.9 Å². The van der Waals surface area contributed by atoms with Crippen molar-refractivity contribution in [3.63, 3.8) is 0 Å². The number of carboxylic acids is 1. The van der Waals surface area contributed by atoms with E-state index in [2.05, 4.69) is 21.2 Å². The topological polar surface area (TPSA) is 71.3 Å². The molecule has 0 saturated carbocycles. The van der Waals surface area contributed by atoms with Crippen molar-refractivity contribution in [3.05, 3.63) is 34.9 Å². The van der Waals surface area contributed by atoms with E-state index in [-0.39, 0.29) is 18.4 Å². The van der Waals surface area contributed by atoms with Crippen molar-refractivity contribution < 1.29 is 14.7 Å². The van der Waals surface area contributed by atoms with Gasteiger partial charge in [0.25, 0.3) is 0 Å². The molecule has 6 heteroatoms. The lowest BCUT2D eigenvalue weighted by molar-refractivity contribution is -0.143. The molecule has 0 unspecified atom stereocenters. The van der Waals surface area contributed by atoms with Gasteiger partial charge in [-0.25, -0.2) is 4.79 Å². The molecule has 2 rings (SSSR count). The molecule has 0 bridgehead atoms. The van der Waals surface area contributed by atoms with Crippen LogP contribution in [0.5, 0.6) is 0 Å². The number of rotatable bonds is 5. The molecule has 0 aliphatic carbocycles. The van der Waals surface area contributed by atoms with Crippen molar-refractivity contribution in [2.24, 2.45) is 5.92 Å². The van der Waals surface area contributed by atoms with Gasteiger partial charge in [-0.2, -0.15) is 0 Å². The molecule has 2 aromatic rings. The minimum absolute atomic E-state index is 0.0988. The van der Waals surface area contributed by atoms with E-state index < -0.39 is 12.0 Å². The molecule has 0 radical (unpaired) electrons. The van der Waals surface area contributed by atoms with E-state index in [1.165, 1.54) is 0 Å². The number of carboxylic acid groups (broad SMARTS) is 1. The van der Waals surface area contributed by atoms with Crippen LogP contribution < -0.4 is 5.32 Å². The lowest BCUT2D eigenvalue weighted by atomic mass is 10.1. The van der Waals surface area contributed by atoms with Crippen molar-refractivity contribution in [3.8, 4) is 0 Å². The van der Waals surface area contributed by atoms with Gasteiger partial charge >= 0.3 is 5.97 Å². The summed E-state index contributed by atoms with van der Waals surface area (Å²) in [4.78, 5) is 23.1. The van der Waals surface area contributed by atoms with Crippen molar-refractivity contribution >= 4 is 38.7 Å². The van der Waals surface area contributed by atoms with Crippen LogP contribution in [0.3, 0.4) is 0 Å². The number of halogens is 1. The molecule has 1 atom stereocenters. The van der Waals surface area contributed by atoms with Crippen LogP contribution in [0.25, 0.3) is 10.9 Å². The number of amides is 1. The molecular formula is C15H17BrN2O3. The lowest BCUT2D eigenvalue weighted by Crippen LogP contribution is -2.45. The highest BCUT2D eigenvalue weighted by Crippen LogP contribution is 2.20.